The predicted octanol–water partition coefficient (Wildman–Crippen LogP) is 6.19. The van der Waals surface area contributed by atoms with Crippen LogP contribution in [0.15, 0.2) is 72.8 Å². The largest absolute Gasteiger partial charge is 0.326 e. The number of para-hydroxylation sites is 1. The Kier molecular flexibility index (Phi) is 7.19. The summed E-state index contributed by atoms with van der Waals surface area (Å²) in [5.74, 6) is 0.867. The minimum absolute atomic E-state index is 0.0118. The molecule has 0 spiro atoms. The molecule has 0 unspecified atom stereocenters. The van der Waals surface area contributed by atoms with Crippen molar-refractivity contribution in [3.8, 4) is 0 Å². The molecule has 0 radical (unpaired) electrons. The molecule has 1 aliphatic rings. The van der Waals surface area contributed by atoms with Crippen LogP contribution in [-0.4, -0.2) is 29.0 Å². The van der Waals surface area contributed by atoms with Gasteiger partial charge in [-0.15, -0.1) is 11.8 Å². The van der Waals surface area contributed by atoms with E-state index in [2.05, 4.69) is 37.4 Å². The lowest BCUT2D eigenvalue weighted by Gasteiger charge is -2.24. The van der Waals surface area contributed by atoms with Crippen LogP contribution in [0.1, 0.15) is 57.8 Å². The quantitative estimate of drug-likeness (QED) is 0.459. The van der Waals surface area contributed by atoms with Gasteiger partial charge in [-0.05, 0) is 53.6 Å². The highest BCUT2D eigenvalue weighted by Gasteiger charge is 2.32. The number of aryl methyl sites for hydroxylation is 1. The molecule has 3 aromatic carbocycles. The van der Waals surface area contributed by atoms with Gasteiger partial charge in [-0.2, -0.15) is 0 Å². The van der Waals surface area contributed by atoms with Crippen LogP contribution >= 0.6 is 11.8 Å². The number of carbonyl (C=O) groups is 2. The molecular formula is C28H30N2O2S. The van der Waals surface area contributed by atoms with E-state index in [0.717, 1.165) is 28.8 Å². The van der Waals surface area contributed by atoms with Gasteiger partial charge in [0.2, 0.25) is 5.91 Å². The third kappa shape index (κ3) is 5.31. The number of anilines is 1. The third-order valence-corrected chi connectivity index (χ3v) is 7.33. The van der Waals surface area contributed by atoms with E-state index in [1.54, 1.807) is 11.8 Å². The van der Waals surface area contributed by atoms with Crippen LogP contribution in [0.2, 0.25) is 0 Å². The molecule has 170 valence electrons. The second-order valence-electron chi connectivity index (χ2n) is 8.76. The number of carbonyl (C=O) groups excluding carboxylic acids is 2. The van der Waals surface area contributed by atoms with Crippen LogP contribution in [0.4, 0.5) is 5.69 Å². The highest BCUT2D eigenvalue weighted by molar-refractivity contribution is 8.00. The molecule has 3 aromatic rings. The van der Waals surface area contributed by atoms with Crippen molar-refractivity contribution in [2.45, 2.75) is 38.5 Å². The van der Waals surface area contributed by atoms with Crippen molar-refractivity contribution in [3.63, 3.8) is 0 Å². The Hall–Kier alpha value is -3.05. The number of amides is 2. The molecule has 0 aliphatic carbocycles. The summed E-state index contributed by atoms with van der Waals surface area (Å²) in [4.78, 5) is 27.4. The van der Waals surface area contributed by atoms with Crippen LogP contribution < -0.4 is 5.32 Å². The van der Waals surface area contributed by atoms with Crippen LogP contribution in [0.25, 0.3) is 0 Å². The normalized spacial score (nSPS) is 15.8. The first-order valence-corrected chi connectivity index (χ1v) is 12.4. The van der Waals surface area contributed by atoms with E-state index in [1.165, 1.54) is 5.56 Å². The van der Waals surface area contributed by atoms with E-state index in [1.807, 2.05) is 66.4 Å². The molecule has 0 aromatic heterocycles. The molecule has 5 heteroatoms. The van der Waals surface area contributed by atoms with Gasteiger partial charge in [-0.25, -0.2) is 0 Å². The molecule has 1 heterocycles. The fourth-order valence-corrected chi connectivity index (χ4v) is 5.41. The maximum Gasteiger partial charge on any atom is 0.255 e. The molecular weight excluding hydrogens is 428 g/mol. The Morgan fingerprint density at radius 2 is 1.76 bits per heavy atom. The summed E-state index contributed by atoms with van der Waals surface area (Å²) in [7, 11) is 0. The van der Waals surface area contributed by atoms with Crippen molar-refractivity contribution in [2.24, 2.45) is 0 Å². The maximum absolute atomic E-state index is 13.0. The Balaban J connectivity index is 1.46. The van der Waals surface area contributed by atoms with Gasteiger partial charge in [0.15, 0.2) is 0 Å². The molecule has 4 rings (SSSR count). The SMILES string of the molecule is Cc1cccc(C(C)C)c1NC(=O)c1ccc([C@H]2SCC(=O)N2CCc2ccccc2)cc1. The number of rotatable bonds is 7. The monoisotopic (exact) mass is 458 g/mol. The topological polar surface area (TPSA) is 49.4 Å². The first-order valence-electron chi connectivity index (χ1n) is 11.4. The summed E-state index contributed by atoms with van der Waals surface area (Å²) in [6.07, 6.45) is 0.832. The molecule has 1 aliphatic heterocycles. The molecule has 0 bridgehead atoms. The average molecular weight is 459 g/mol. The maximum atomic E-state index is 13.0. The summed E-state index contributed by atoms with van der Waals surface area (Å²) < 4.78 is 0. The van der Waals surface area contributed by atoms with Crippen molar-refractivity contribution in [1.29, 1.82) is 0 Å². The average Bonchev–Trinajstić information content (AvgIpc) is 3.19. The summed E-state index contributed by atoms with van der Waals surface area (Å²) >= 11 is 1.65. The molecule has 1 N–H and O–H groups in total. The van der Waals surface area contributed by atoms with Gasteiger partial charge in [-0.3, -0.25) is 9.59 Å². The molecule has 1 atom stereocenters. The van der Waals surface area contributed by atoms with Crippen LogP contribution in [0, 0.1) is 6.92 Å². The van der Waals surface area contributed by atoms with E-state index in [-0.39, 0.29) is 17.2 Å². The van der Waals surface area contributed by atoms with Gasteiger partial charge in [0.1, 0.15) is 5.37 Å². The molecule has 0 saturated carbocycles. The van der Waals surface area contributed by atoms with Gasteiger partial charge >= 0.3 is 0 Å². The molecule has 2 amide bonds. The van der Waals surface area contributed by atoms with Gasteiger partial charge in [-0.1, -0.05) is 74.5 Å². The first-order chi connectivity index (χ1) is 15.9. The zero-order chi connectivity index (χ0) is 23.4. The second-order valence-corrected chi connectivity index (χ2v) is 9.82. The van der Waals surface area contributed by atoms with E-state index >= 15 is 0 Å². The van der Waals surface area contributed by atoms with Crippen molar-refractivity contribution < 1.29 is 9.59 Å². The molecule has 1 fully saturated rings. The van der Waals surface area contributed by atoms with E-state index in [9.17, 15) is 9.59 Å². The number of thioether (sulfide) groups is 1. The lowest BCUT2D eigenvalue weighted by atomic mass is 9.98. The number of nitrogens with zero attached hydrogens (tertiary/aromatic N) is 1. The fourth-order valence-electron chi connectivity index (χ4n) is 4.19. The summed E-state index contributed by atoms with van der Waals surface area (Å²) in [5.41, 5.74) is 5.97. The van der Waals surface area contributed by atoms with Gasteiger partial charge in [0.25, 0.3) is 5.91 Å². The van der Waals surface area contributed by atoms with Crippen molar-refractivity contribution >= 4 is 29.3 Å². The lowest BCUT2D eigenvalue weighted by molar-refractivity contribution is -0.128. The molecule has 4 nitrogen and oxygen atoms in total. The Labute approximate surface area is 200 Å². The predicted molar refractivity (Wildman–Crippen MR) is 137 cm³/mol. The van der Waals surface area contributed by atoms with Crippen LogP contribution in [0.3, 0.4) is 0 Å². The molecule has 1 saturated heterocycles. The number of benzene rings is 3. The Morgan fingerprint density at radius 3 is 2.45 bits per heavy atom. The minimum Gasteiger partial charge on any atom is -0.326 e. The lowest BCUT2D eigenvalue weighted by Crippen LogP contribution is -2.30. The smallest absolute Gasteiger partial charge is 0.255 e. The van der Waals surface area contributed by atoms with Crippen molar-refractivity contribution in [2.75, 3.05) is 17.6 Å². The second kappa shape index (κ2) is 10.3. The Bertz CT molecular complexity index is 1130. The van der Waals surface area contributed by atoms with Crippen molar-refractivity contribution in [3.05, 3.63) is 101 Å². The van der Waals surface area contributed by atoms with Gasteiger partial charge in [0.05, 0.1) is 5.75 Å². The number of nitrogens with one attached hydrogen (secondary N) is 1. The first kappa shape index (κ1) is 23.1. The highest BCUT2D eigenvalue weighted by Crippen LogP contribution is 2.38. The fraction of sp³-hybridized carbons (Fsp3) is 0.286. The van der Waals surface area contributed by atoms with E-state index in [4.69, 9.17) is 0 Å². The number of hydrogen-bond acceptors (Lipinski definition) is 3. The summed E-state index contributed by atoms with van der Waals surface area (Å²) in [6.45, 7) is 6.96. The summed E-state index contributed by atoms with van der Waals surface area (Å²) in [6, 6.07) is 24.0. The van der Waals surface area contributed by atoms with E-state index in [0.29, 0.717) is 23.8 Å². The Morgan fingerprint density at radius 1 is 1.03 bits per heavy atom. The van der Waals surface area contributed by atoms with E-state index < -0.39 is 0 Å². The molecule has 33 heavy (non-hydrogen) atoms. The minimum atomic E-state index is -0.117. The van der Waals surface area contributed by atoms with Gasteiger partial charge in [0, 0.05) is 17.8 Å². The standard InChI is InChI=1S/C28H30N2O2S/c1-19(2)24-11-7-8-20(3)26(24)29-27(32)22-12-14-23(15-13-22)28-30(25(31)18-33-28)17-16-21-9-5-4-6-10-21/h4-15,19,28H,16-18H2,1-3H3,(H,29,32)/t28-/m1/s1. The zero-order valence-corrected chi connectivity index (χ0v) is 20.2. The van der Waals surface area contributed by atoms with Crippen LogP contribution in [0.5, 0.6) is 0 Å². The van der Waals surface area contributed by atoms with Crippen LogP contribution in [-0.2, 0) is 11.2 Å². The summed E-state index contributed by atoms with van der Waals surface area (Å²) in [5, 5.41) is 3.10. The zero-order valence-electron chi connectivity index (χ0n) is 19.4. The highest BCUT2D eigenvalue weighted by atomic mass is 32.2. The van der Waals surface area contributed by atoms with Crippen molar-refractivity contribution in [1.82, 2.24) is 4.90 Å². The van der Waals surface area contributed by atoms with Gasteiger partial charge < -0.3 is 10.2 Å². The number of hydrogen-bond donors (Lipinski definition) is 1. The third-order valence-electron chi connectivity index (χ3n) is 6.08.